The van der Waals surface area contributed by atoms with Crippen molar-refractivity contribution < 1.29 is 9.59 Å². The highest BCUT2D eigenvalue weighted by molar-refractivity contribution is 6.33. The third kappa shape index (κ3) is 6.75. The van der Waals surface area contributed by atoms with Gasteiger partial charge in [0.1, 0.15) is 11.4 Å². The van der Waals surface area contributed by atoms with Gasteiger partial charge in [0, 0.05) is 19.6 Å². The van der Waals surface area contributed by atoms with E-state index in [0.29, 0.717) is 18.5 Å². The lowest BCUT2D eigenvalue weighted by Crippen LogP contribution is -2.53. The van der Waals surface area contributed by atoms with E-state index in [9.17, 15) is 14.4 Å². The lowest BCUT2D eigenvalue weighted by molar-refractivity contribution is -0.139. The zero-order valence-electron chi connectivity index (χ0n) is 20.6. The zero-order valence-corrected chi connectivity index (χ0v) is 21.3. The lowest BCUT2D eigenvalue weighted by atomic mass is 9.92. The number of unbranched alkanes of at least 4 members (excludes halogenated alkanes) is 1. The average Bonchev–Trinajstić information content (AvgIpc) is 2.85. The Hall–Kier alpha value is -2.06. The topological polar surface area (TPSA) is 112 Å². The summed E-state index contributed by atoms with van der Waals surface area (Å²) in [5, 5.41) is 3.02. The van der Waals surface area contributed by atoms with Crippen molar-refractivity contribution in [2.75, 3.05) is 32.4 Å². The van der Waals surface area contributed by atoms with Crippen molar-refractivity contribution >= 4 is 29.2 Å². The van der Waals surface area contributed by atoms with Crippen LogP contribution in [0.25, 0.3) is 0 Å². The molecule has 0 bridgehead atoms. The van der Waals surface area contributed by atoms with Crippen LogP contribution < -0.4 is 16.6 Å². The number of likely N-dealkylation sites (tertiary alicyclic amines) is 1. The van der Waals surface area contributed by atoms with E-state index in [1.54, 1.807) is 0 Å². The summed E-state index contributed by atoms with van der Waals surface area (Å²) >= 11 is 5.95. The van der Waals surface area contributed by atoms with E-state index in [1.165, 1.54) is 25.3 Å². The molecule has 0 aromatic carbocycles. The van der Waals surface area contributed by atoms with Crippen molar-refractivity contribution in [2.45, 2.75) is 83.2 Å². The second kappa shape index (κ2) is 12.6. The van der Waals surface area contributed by atoms with E-state index in [2.05, 4.69) is 22.1 Å². The Bertz CT molecular complexity index is 891. The molecule has 0 spiro atoms. The molecule has 3 rings (SSSR count). The maximum Gasteiger partial charge on any atom is 0.262 e. The molecule has 1 saturated carbocycles. The molecule has 1 saturated heterocycles. The Labute approximate surface area is 207 Å². The number of anilines is 1. The van der Waals surface area contributed by atoms with Gasteiger partial charge in [-0.15, -0.1) is 0 Å². The largest absolute Gasteiger partial charge is 0.384 e. The molecule has 8 nitrogen and oxygen atoms in total. The maximum absolute atomic E-state index is 13.5. The summed E-state index contributed by atoms with van der Waals surface area (Å²) in [7, 11) is 1.99. The number of H-pyrrole nitrogens is 1. The third-order valence-corrected chi connectivity index (χ3v) is 7.81. The Morgan fingerprint density at radius 2 is 1.91 bits per heavy atom. The number of amides is 2. The van der Waals surface area contributed by atoms with Crippen molar-refractivity contribution in [1.82, 2.24) is 20.1 Å². The molecule has 34 heavy (non-hydrogen) atoms. The number of hydrogen-bond donors (Lipinski definition) is 3. The number of nitrogens with two attached hydrogens (primary N) is 1. The summed E-state index contributed by atoms with van der Waals surface area (Å²) < 4.78 is 0. The van der Waals surface area contributed by atoms with E-state index in [-0.39, 0.29) is 28.4 Å². The number of aromatic nitrogens is 1. The Morgan fingerprint density at radius 3 is 2.56 bits per heavy atom. The molecule has 0 radical (unpaired) electrons. The molecular formula is C25H40ClN5O3. The molecule has 2 fully saturated rings. The Morgan fingerprint density at radius 1 is 1.24 bits per heavy atom. The van der Waals surface area contributed by atoms with Gasteiger partial charge in [0.05, 0.1) is 11.1 Å². The molecule has 9 heteroatoms. The van der Waals surface area contributed by atoms with Gasteiger partial charge in [-0.25, -0.2) is 0 Å². The second-order valence-corrected chi connectivity index (χ2v) is 10.3. The minimum atomic E-state index is -0.548. The Kier molecular flexibility index (Phi) is 9.83. The van der Waals surface area contributed by atoms with Gasteiger partial charge in [0.2, 0.25) is 5.91 Å². The number of nitrogens with zero attached hydrogens (tertiary/aromatic N) is 2. The van der Waals surface area contributed by atoms with Crippen LogP contribution in [0, 0.1) is 5.92 Å². The number of carbonyl (C=O) groups excluding carboxylic acids is 2. The summed E-state index contributed by atoms with van der Waals surface area (Å²) in [6.45, 7) is 4.34. The molecule has 1 aliphatic heterocycles. The fraction of sp³-hybridized carbons (Fsp3) is 0.720. The number of carbonyl (C=O) groups is 2. The van der Waals surface area contributed by atoms with E-state index >= 15 is 0 Å². The zero-order chi connectivity index (χ0) is 24.7. The lowest BCUT2D eigenvalue weighted by Gasteiger charge is -2.40. The van der Waals surface area contributed by atoms with E-state index in [1.807, 2.05) is 11.9 Å². The maximum atomic E-state index is 13.5. The molecule has 4 N–H and O–H groups in total. The first-order valence-corrected chi connectivity index (χ1v) is 13.2. The molecule has 1 unspecified atom stereocenters. The van der Waals surface area contributed by atoms with Gasteiger partial charge >= 0.3 is 0 Å². The fourth-order valence-electron chi connectivity index (χ4n) is 5.23. The standard InChI is InChI=1S/C25H40ClN5O3/c1-3-4-10-21(25(34)30(2)18-8-6-5-7-9-18)31-13-11-17(12-14-31)16-28-23(32)19-15-20(26)22(27)29-24(19)33/h15,17-18,21H,3-14,16H2,1-2H3,(H,28,32)(H3,27,29,33). The number of likely N-dealkylation sites (N-methyl/N-ethyl adjacent to an activating group) is 1. The van der Waals surface area contributed by atoms with Gasteiger partial charge in [-0.1, -0.05) is 50.6 Å². The molecule has 190 valence electrons. The van der Waals surface area contributed by atoms with E-state index in [0.717, 1.165) is 58.0 Å². The van der Waals surface area contributed by atoms with Gasteiger partial charge in [0.15, 0.2) is 0 Å². The van der Waals surface area contributed by atoms with Crippen LogP contribution in [0.1, 0.15) is 81.5 Å². The summed E-state index contributed by atoms with van der Waals surface area (Å²) in [6.07, 6.45) is 10.8. The molecule has 1 aliphatic carbocycles. The molecule has 2 heterocycles. The number of aromatic amines is 1. The Balaban J connectivity index is 1.53. The summed E-state index contributed by atoms with van der Waals surface area (Å²) in [5.74, 6) is 0.181. The first kappa shape index (κ1) is 26.5. The van der Waals surface area contributed by atoms with Crippen LogP contribution in [0.2, 0.25) is 5.02 Å². The van der Waals surface area contributed by atoms with Crippen LogP contribution >= 0.6 is 11.6 Å². The highest BCUT2D eigenvalue weighted by Crippen LogP contribution is 2.26. The molecular weight excluding hydrogens is 454 g/mol. The quantitative estimate of drug-likeness (QED) is 0.488. The highest BCUT2D eigenvalue weighted by atomic mass is 35.5. The average molecular weight is 494 g/mol. The monoisotopic (exact) mass is 493 g/mol. The molecule has 1 aromatic rings. The molecule has 1 aromatic heterocycles. The first-order chi connectivity index (χ1) is 16.3. The normalized spacial score (nSPS) is 19.0. The summed E-state index contributed by atoms with van der Waals surface area (Å²) in [6, 6.07) is 1.63. The van der Waals surface area contributed by atoms with E-state index in [4.69, 9.17) is 17.3 Å². The van der Waals surface area contributed by atoms with Crippen LogP contribution in [0.15, 0.2) is 10.9 Å². The number of halogens is 1. The second-order valence-electron chi connectivity index (χ2n) is 9.86. The minimum absolute atomic E-state index is 0.0346. The van der Waals surface area contributed by atoms with Crippen molar-refractivity contribution in [3.8, 4) is 0 Å². The fourth-order valence-corrected chi connectivity index (χ4v) is 5.39. The summed E-state index contributed by atoms with van der Waals surface area (Å²) in [5.41, 5.74) is 5.00. The predicted molar refractivity (Wildman–Crippen MR) is 136 cm³/mol. The molecule has 2 amide bonds. The van der Waals surface area contributed by atoms with Crippen LogP contribution in [0.3, 0.4) is 0 Å². The smallest absolute Gasteiger partial charge is 0.262 e. The number of rotatable bonds is 9. The van der Waals surface area contributed by atoms with Gasteiger partial charge < -0.3 is 20.9 Å². The van der Waals surface area contributed by atoms with Crippen molar-refractivity contribution in [3.63, 3.8) is 0 Å². The van der Waals surface area contributed by atoms with E-state index < -0.39 is 11.5 Å². The van der Waals surface area contributed by atoms with Crippen molar-refractivity contribution in [3.05, 3.63) is 27.0 Å². The van der Waals surface area contributed by atoms with Crippen LogP contribution in [0.5, 0.6) is 0 Å². The SMILES string of the molecule is CCCCC(C(=O)N(C)C1CCCCC1)N1CCC(CNC(=O)c2cc(Cl)c(N)[nH]c2=O)CC1. The van der Waals surface area contributed by atoms with Crippen molar-refractivity contribution in [2.24, 2.45) is 5.92 Å². The number of piperidine rings is 1. The minimum Gasteiger partial charge on any atom is -0.384 e. The van der Waals surface area contributed by atoms with Gasteiger partial charge in [-0.3, -0.25) is 19.3 Å². The molecule has 2 aliphatic rings. The number of hydrogen-bond acceptors (Lipinski definition) is 5. The number of nitrogens with one attached hydrogen (secondary N) is 2. The highest BCUT2D eigenvalue weighted by Gasteiger charge is 2.33. The van der Waals surface area contributed by atoms with Gasteiger partial charge in [-0.05, 0) is 57.2 Å². The third-order valence-electron chi connectivity index (χ3n) is 7.49. The number of nitrogen functional groups attached to an aromatic ring is 1. The molecule has 1 atom stereocenters. The number of pyridine rings is 1. The first-order valence-electron chi connectivity index (χ1n) is 12.8. The van der Waals surface area contributed by atoms with Crippen LogP contribution in [-0.4, -0.2) is 65.4 Å². The summed E-state index contributed by atoms with van der Waals surface area (Å²) in [4.78, 5) is 44.7. The van der Waals surface area contributed by atoms with Gasteiger partial charge in [0.25, 0.3) is 11.5 Å². The van der Waals surface area contributed by atoms with Gasteiger partial charge in [-0.2, -0.15) is 0 Å². The van der Waals surface area contributed by atoms with Crippen LogP contribution in [-0.2, 0) is 4.79 Å². The predicted octanol–water partition coefficient (Wildman–Crippen LogP) is 3.40. The van der Waals surface area contributed by atoms with Crippen molar-refractivity contribution in [1.29, 1.82) is 0 Å². The van der Waals surface area contributed by atoms with Crippen LogP contribution in [0.4, 0.5) is 5.82 Å².